The van der Waals surface area contributed by atoms with Crippen molar-refractivity contribution in [3.8, 4) is 0 Å². The summed E-state index contributed by atoms with van der Waals surface area (Å²) in [5.74, 6) is 0. The summed E-state index contributed by atoms with van der Waals surface area (Å²) in [6.07, 6.45) is 6.60. The monoisotopic (exact) mass is 275 g/mol. The Morgan fingerprint density at radius 2 is 2.10 bits per heavy atom. The molecule has 0 aliphatic carbocycles. The fraction of sp³-hybridized carbons (Fsp3) is 0.706. The van der Waals surface area contributed by atoms with Crippen LogP contribution in [-0.4, -0.2) is 29.0 Å². The Labute approximate surface area is 123 Å². The van der Waals surface area contributed by atoms with Gasteiger partial charge in [-0.05, 0) is 51.4 Å². The van der Waals surface area contributed by atoms with Gasteiger partial charge in [0.05, 0.1) is 11.4 Å². The van der Waals surface area contributed by atoms with E-state index in [0.29, 0.717) is 6.04 Å². The summed E-state index contributed by atoms with van der Waals surface area (Å²) in [7, 11) is 0. The van der Waals surface area contributed by atoms with Crippen LogP contribution in [-0.2, 0) is 13.1 Å². The highest BCUT2D eigenvalue weighted by molar-refractivity contribution is 5.11. The summed E-state index contributed by atoms with van der Waals surface area (Å²) in [4.78, 5) is 7.40. The van der Waals surface area contributed by atoms with Gasteiger partial charge < -0.3 is 5.32 Å². The zero-order chi connectivity index (χ0) is 14.2. The molecule has 20 heavy (non-hydrogen) atoms. The molecule has 2 rings (SSSR count). The van der Waals surface area contributed by atoms with Crippen LogP contribution in [0.15, 0.2) is 18.2 Å². The van der Waals surface area contributed by atoms with Crippen molar-refractivity contribution in [2.75, 3.05) is 13.1 Å². The van der Waals surface area contributed by atoms with E-state index in [9.17, 15) is 0 Å². The van der Waals surface area contributed by atoms with E-state index in [1.807, 2.05) is 0 Å². The number of aromatic nitrogens is 1. The predicted molar refractivity (Wildman–Crippen MR) is 84.6 cm³/mol. The number of rotatable bonds is 6. The van der Waals surface area contributed by atoms with E-state index in [1.165, 1.54) is 50.0 Å². The third-order valence-electron chi connectivity index (χ3n) is 4.15. The minimum Gasteiger partial charge on any atom is -0.311 e. The Kier molecular flexibility index (Phi) is 6.48. The van der Waals surface area contributed by atoms with Gasteiger partial charge in [0, 0.05) is 19.1 Å². The van der Waals surface area contributed by atoms with Gasteiger partial charge >= 0.3 is 0 Å². The lowest BCUT2D eigenvalue weighted by Crippen LogP contribution is -2.32. The quantitative estimate of drug-likeness (QED) is 0.807. The first-order valence-corrected chi connectivity index (χ1v) is 8.19. The van der Waals surface area contributed by atoms with Crippen LogP contribution in [0, 0.1) is 0 Å². The maximum absolute atomic E-state index is 4.80. The molecule has 1 unspecified atom stereocenters. The Morgan fingerprint density at radius 3 is 2.95 bits per heavy atom. The Bertz CT molecular complexity index is 392. The van der Waals surface area contributed by atoms with E-state index < -0.39 is 0 Å². The van der Waals surface area contributed by atoms with Crippen molar-refractivity contribution in [3.63, 3.8) is 0 Å². The average Bonchev–Trinajstić information content (AvgIpc) is 2.65. The largest absolute Gasteiger partial charge is 0.311 e. The number of hydrogen-bond acceptors (Lipinski definition) is 3. The first-order valence-electron chi connectivity index (χ1n) is 8.19. The van der Waals surface area contributed by atoms with Crippen LogP contribution in [0.1, 0.15) is 57.3 Å². The number of hydrogen-bond donors (Lipinski definition) is 1. The van der Waals surface area contributed by atoms with Gasteiger partial charge in [0.25, 0.3) is 0 Å². The molecular weight excluding hydrogens is 246 g/mol. The highest BCUT2D eigenvalue weighted by atomic mass is 15.2. The van der Waals surface area contributed by atoms with Crippen LogP contribution in [0.2, 0.25) is 0 Å². The molecule has 1 N–H and O–H groups in total. The molecule has 0 bridgehead atoms. The van der Waals surface area contributed by atoms with Crippen LogP contribution < -0.4 is 5.32 Å². The third-order valence-corrected chi connectivity index (χ3v) is 4.15. The van der Waals surface area contributed by atoms with Crippen molar-refractivity contribution in [1.82, 2.24) is 15.2 Å². The van der Waals surface area contributed by atoms with Crippen molar-refractivity contribution in [3.05, 3.63) is 29.6 Å². The molecule has 3 nitrogen and oxygen atoms in total. The fourth-order valence-electron chi connectivity index (χ4n) is 2.89. The number of likely N-dealkylation sites (tertiary alicyclic amines) is 1. The smallest absolute Gasteiger partial charge is 0.0547 e. The van der Waals surface area contributed by atoms with Gasteiger partial charge in [-0.1, -0.05) is 25.8 Å². The molecule has 0 radical (unpaired) electrons. The maximum Gasteiger partial charge on any atom is 0.0547 e. The van der Waals surface area contributed by atoms with Crippen molar-refractivity contribution in [2.45, 2.75) is 65.1 Å². The molecule has 0 spiro atoms. The van der Waals surface area contributed by atoms with Crippen molar-refractivity contribution in [2.24, 2.45) is 0 Å². The fourth-order valence-corrected chi connectivity index (χ4v) is 2.89. The molecule has 1 saturated heterocycles. The first kappa shape index (κ1) is 15.5. The molecule has 1 atom stereocenters. The van der Waals surface area contributed by atoms with E-state index in [0.717, 1.165) is 19.6 Å². The van der Waals surface area contributed by atoms with E-state index in [4.69, 9.17) is 4.98 Å². The number of nitrogens with one attached hydrogen (secondary N) is 1. The SMILES string of the molecule is CCCNCc1cccc(CN2CCCCCC2C)n1. The highest BCUT2D eigenvalue weighted by Crippen LogP contribution is 2.18. The van der Waals surface area contributed by atoms with Gasteiger partial charge in [0.1, 0.15) is 0 Å². The molecule has 0 amide bonds. The van der Waals surface area contributed by atoms with Crippen molar-refractivity contribution in [1.29, 1.82) is 0 Å². The maximum atomic E-state index is 4.80. The molecule has 112 valence electrons. The Morgan fingerprint density at radius 1 is 1.25 bits per heavy atom. The molecule has 3 heteroatoms. The Hall–Kier alpha value is -0.930. The van der Waals surface area contributed by atoms with Gasteiger partial charge in [-0.15, -0.1) is 0 Å². The lowest BCUT2D eigenvalue weighted by molar-refractivity contribution is 0.202. The van der Waals surface area contributed by atoms with Crippen molar-refractivity contribution < 1.29 is 0 Å². The molecule has 2 heterocycles. The molecule has 1 aromatic heterocycles. The first-order chi connectivity index (χ1) is 9.79. The normalized spacial score (nSPS) is 20.8. The van der Waals surface area contributed by atoms with Crippen LogP contribution in [0.4, 0.5) is 0 Å². The van der Waals surface area contributed by atoms with Gasteiger partial charge in [-0.3, -0.25) is 9.88 Å². The van der Waals surface area contributed by atoms with E-state index in [2.05, 4.69) is 42.3 Å². The van der Waals surface area contributed by atoms with Gasteiger partial charge in [-0.2, -0.15) is 0 Å². The second-order valence-corrected chi connectivity index (χ2v) is 5.97. The minimum atomic E-state index is 0.696. The molecular formula is C17H29N3. The molecule has 1 aliphatic heterocycles. The van der Waals surface area contributed by atoms with Crippen molar-refractivity contribution >= 4 is 0 Å². The summed E-state index contributed by atoms with van der Waals surface area (Å²) >= 11 is 0. The minimum absolute atomic E-state index is 0.696. The Balaban J connectivity index is 1.92. The summed E-state index contributed by atoms with van der Waals surface area (Å²) in [5.41, 5.74) is 2.38. The predicted octanol–water partition coefficient (Wildman–Crippen LogP) is 3.35. The van der Waals surface area contributed by atoms with Gasteiger partial charge in [0.2, 0.25) is 0 Å². The summed E-state index contributed by atoms with van der Waals surface area (Å²) < 4.78 is 0. The number of pyridine rings is 1. The van der Waals surface area contributed by atoms with E-state index >= 15 is 0 Å². The van der Waals surface area contributed by atoms with Crippen LogP contribution in [0.25, 0.3) is 0 Å². The topological polar surface area (TPSA) is 28.2 Å². The molecule has 1 aromatic rings. The van der Waals surface area contributed by atoms with Crippen LogP contribution in [0.3, 0.4) is 0 Å². The zero-order valence-corrected chi connectivity index (χ0v) is 13.1. The summed E-state index contributed by atoms with van der Waals surface area (Å²) in [6.45, 7) is 8.73. The third kappa shape index (κ3) is 4.88. The zero-order valence-electron chi connectivity index (χ0n) is 13.1. The lowest BCUT2D eigenvalue weighted by Gasteiger charge is -2.26. The standard InChI is InChI=1S/C17H29N3/c1-3-11-18-13-16-9-7-10-17(19-16)14-20-12-6-4-5-8-15(20)2/h7,9-10,15,18H,3-6,8,11-14H2,1-2H3. The van der Waals surface area contributed by atoms with Crippen LogP contribution >= 0.6 is 0 Å². The molecule has 1 fully saturated rings. The highest BCUT2D eigenvalue weighted by Gasteiger charge is 2.17. The second kappa shape index (κ2) is 8.38. The van der Waals surface area contributed by atoms with Gasteiger partial charge in [0.15, 0.2) is 0 Å². The van der Waals surface area contributed by atoms with Gasteiger partial charge in [-0.25, -0.2) is 0 Å². The molecule has 0 saturated carbocycles. The number of nitrogens with zero attached hydrogens (tertiary/aromatic N) is 2. The van der Waals surface area contributed by atoms with Crippen LogP contribution in [0.5, 0.6) is 0 Å². The summed E-state index contributed by atoms with van der Waals surface area (Å²) in [5, 5.41) is 3.42. The summed E-state index contributed by atoms with van der Waals surface area (Å²) in [6, 6.07) is 7.13. The van der Waals surface area contributed by atoms with E-state index in [-0.39, 0.29) is 0 Å². The lowest BCUT2D eigenvalue weighted by atomic mass is 10.1. The average molecular weight is 275 g/mol. The van der Waals surface area contributed by atoms with E-state index in [1.54, 1.807) is 0 Å². The molecule has 1 aliphatic rings. The second-order valence-electron chi connectivity index (χ2n) is 5.97. The molecule has 0 aromatic carbocycles.